The van der Waals surface area contributed by atoms with Gasteiger partial charge in [-0.2, -0.15) is 17.5 Å². The molecule has 1 aromatic carbocycles. The van der Waals surface area contributed by atoms with E-state index in [1.165, 1.54) is 32.2 Å². The summed E-state index contributed by atoms with van der Waals surface area (Å²) in [6.45, 7) is 1.42. The molecule has 5 nitrogen and oxygen atoms in total. The summed E-state index contributed by atoms with van der Waals surface area (Å²) < 4.78 is 68.5. The Bertz CT molecular complexity index is 785. The highest BCUT2D eigenvalue weighted by Gasteiger charge is 2.34. The van der Waals surface area contributed by atoms with Gasteiger partial charge in [0.1, 0.15) is 6.26 Å². The van der Waals surface area contributed by atoms with Crippen LogP contribution in [0.15, 0.2) is 34.9 Å². The van der Waals surface area contributed by atoms with Gasteiger partial charge in [-0.05, 0) is 19.1 Å². The lowest BCUT2D eigenvalue weighted by molar-refractivity contribution is -0.137. The van der Waals surface area contributed by atoms with Crippen molar-refractivity contribution in [1.82, 2.24) is 9.29 Å². The number of halogens is 3. The van der Waals surface area contributed by atoms with Gasteiger partial charge in [0, 0.05) is 12.6 Å². The number of sulfonamides is 1. The van der Waals surface area contributed by atoms with Gasteiger partial charge in [0.25, 0.3) is 0 Å². The van der Waals surface area contributed by atoms with Crippen LogP contribution in [0.2, 0.25) is 0 Å². The zero-order valence-electron chi connectivity index (χ0n) is 12.5. The van der Waals surface area contributed by atoms with E-state index in [0.29, 0.717) is 0 Å². The molecule has 0 aliphatic heterocycles. The van der Waals surface area contributed by atoms with Crippen molar-refractivity contribution < 1.29 is 26.0 Å². The van der Waals surface area contributed by atoms with Crippen LogP contribution in [0.25, 0.3) is 11.5 Å². The minimum absolute atomic E-state index is 0.0755. The monoisotopic (exact) mass is 348 g/mol. The van der Waals surface area contributed by atoms with E-state index in [4.69, 9.17) is 4.42 Å². The van der Waals surface area contributed by atoms with Crippen LogP contribution < -0.4 is 0 Å². The van der Waals surface area contributed by atoms with E-state index < -0.39 is 21.8 Å². The molecule has 0 fully saturated rings. The standard InChI is InChI=1S/C14H15F3N2O3S/c1-3-23(20,21)19(2)8-10-9-22-13(18-10)11-6-4-5-7-12(11)14(15,16)17/h4-7,9H,3,8H2,1-2H3. The summed E-state index contributed by atoms with van der Waals surface area (Å²) in [4.78, 5) is 3.97. The first-order valence-electron chi connectivity index (χ1n) is 6.70. The Morgan fingerprint density at radius 1 is 1.26 bits per heavy atom. The second-order valence-electron chi connectivity index (χ2n) is 4.84. The molecule has 1 aromatic heterocycles. The molecule has 126 valence electrons. The van der Waals surface area contributed by atoms with Crippen LogP contribution in [0.3, 0.4) is 0 Å². The van der Waals surface area contributed by atoms with Crippen LogP contribution in [0, 0.1) is 0 Å². The molecule has 2 aromatic rings. The molecule has 0 N–H and O–H groups in total. The Hall–Kier alpha value is -1.87. The fourth-order valence-corrected chi connectivity index (χ4v) is 2.74. The van der Waals surface area contributed by atoms with E-state index in [-0.39, 0.29) is 29.4 Å². The fourth-order valence-electron chi connectivity index (χ4n) is 1.97. The molecule has 0 saturated heterocycles. The molecule has 23 heavy (non-hydrogen) atoms. The van der Waals surface area contributed by atoms with Gasteiger partial charge in [-0.15, -0.1) is 0 Å². The number of alkyl halides is 3. The smallest absolute Gasteiger partial charge is 0.417 e. The third-order valence-electron chi connectivity index (χ3n) is 3.24. The maximum absolute atomic E-state index is 13.0. The molecule has 0 bridgehead atoms. The fraction of sp³-hybridized carbons (Fsp3) is 0.357. The first kappa shape index (κ1) is 17.5. The third-order valence-corrected chi connectivity index (χ3v) is 5.05. The highest BCUT2D eigenvalue weighted by molar-refractivity contribution is 7.89. The summed E-state index contributed by atoms with van der Waals surface area (Å²) in [5.74, 6) is -0.277. The number of benzene rings is 1. The number of aromatic nitrogens is 1. The molecule has 0 radical (unpaired) electrons. The lowest BCUT2D eigenvalue weighted by Gasteiger charge is -2.13. The molecule has 0 atom stereocenters. The number of hydrogen-bond donors (Lipinski definition) is 0. The maximum Gasteiger partial charge on any atom is 0.417 e. The molecular weight excluding hydrogens is 333 g/mol. The summed E-state index contributed by atoms with van der Waals surface area (Å²) in [6, 6.07) is 4.91. The Morgan fingerprint density at radius 2 is 1.91 bits per heavy atom. The molecule has 0 unspecified atom stereocenters. The van der Waals surface area contributed by atoms with E-state index in [0.717, 1.165) is 16.6 Å². The van der Waals surface area contributed by atoms with E-state index in [1.54, 1.807) is 0 Å². The molecular formula is C14H15F3N2O3S. The van der Waals surface area contributed by atoms with Crippen molar-refractivity contribution >= 4 is 10.0 Å². The van der Waals surface area contributed by atoms with Crippen molar-refractivity contribution in [1.29, 1.82) is 0 Å². The van der Waals surface area contributed by atoms with Gasteiger partial charge in [0.05, 0.1) is 23.6 Å². The lowest BCUT2D eigenvalue weighted by atomic mass is 10.1. The van der Waals surface area contributed by atoms with Gasteiger partial charge < -0.3 is 4.42 Å². The van der Waals surface area contributed by atoms with E-state index in [2.05, 4.69) is 4.98 Å². The predicted molar refractivity (Wildman–Crippen MR) is 77.9 cm³/mol. The quantitative estimate of drug-likeness (QED) is 0.833. The average Bonchev–Trinajstić information content (AvgIpc) is 2.94. The van der Waals surface area contributed by atoms with Gasteiger partial charge in [-0.25, -0.2) is 13.4 Å². The normalized spacial score (nSPS) is 12.8. The van der Waals surface area contributed by atoms with Gasteiger partial charge in [0.15, 0.2) is 0 Å². The third kappa shape index (κ3) is 3.91. The Kier molecular flexibility index (Phi) is 4.81. The first-order valence-corrected chi connectivity index (χ1v) is 8.31. The van der Waals surface area contributed by atoms with Crippen LogP contribution in [0.5, 0.6) is 0 Å². The second kappa shape index (κ2) is 6.32. The maximum atomic E-state index is 13.0. The molecule has 2 rings (SSSR count). The Morgan fingerprint density at radius 3 is 2.52 bits per heavy atom. The van der Waals surface area contributed by atoms with Crippen LogP contribution in [0.4, 0.5) is 13.2 Å². The molecule has 0 aliphatic carbocycles. The average molecular weight is 348 g/mol. The number of oxazole rings is 1. The van der Waals surface area contributed by atoms with Gasteiger partial charge >= 0.3 is 6.18 Å². The van der Waals surface area contributed by atoms with Crippen molar-refractivity contribution in [2.24, 2.45) is 0 Å². The molecule has 0 saturated carbocycles. The molecule has 1 heterocycles. The largest absolute Gasteiger partial charge is 0.444 e. The first-order chi connectivity index (χ1) is 10.6. The summed E-state index contributed by atoms with van der Waals surface area (Å²) in [5.41, 5.74) is -0.813. The van der Waals surface area contributed by atoms with E-state index in [1.807, 2.05) is 0 Å². The van der Waals surface area contributed by atoms with Gasteiger partial charge in [-0.1, -0.05) is 12.1 Å². The highest BCUT2D eigenvalue weighted by atomic mass is 32.2. The van der Waals surface area contributed by atoms with Crippen molar-refractivity contribution in [3.8, 4) is 11.5 Å². The SMILES string of the molecule is CCS(=O)(=O)N(C)Cc1coc(-c2ccccc2C(F)(F)F)n1. The van der Waals surface area contributed by atoms with Gasteiger partial charge in [-0.3, -0.25) is 0 Å². The minimum Gasteiger partial charge on any atom is -0.444 e. The van der Waals surface area contributed by atoms with Gasteiger partial charge in [0.2, 0.25) is 15.9 Å². The highest BCUT2D eigenvalue weighted by Crippen LogP contribution is 2.36. The molecule has 9 heteroatoms. The van der Waals surface area contributed by atoms with Crippen LogP contribution >= 0.6 is 0 Å². The molecule has 0 aliphatic rings. The zero-order valence-corrected chi connectivity index (χ0v) is 13.3. The topological polar surface area (TPSA) is 63.4 Å². The molecule has 0 spiro atoms. The zero-order chi connectivity index (χ0) is 17.3. The van der Waals surface area contributed by atoms with Crippen molar-refractivity contribution in [3.05, 3.63) is 41.8 Å². The summed E-state index contributed by atoms with van der Waals surface area (Å²) in [7, 11) is -2.04. The van der Waals surface area contributed by atoms with Crippen molar-refractivity contribution in [2.45, 2.75) is 19.6 Å². The Labute approximate surface area is 131 Å². The van der Waals surface area contributed by atoms with E-state index >= 15 is 0 Å². The Balaban J connectivity index is 2.31. The number of hydrogen-bond acceptors (Lipinski definition) is 4. The molecule has 0 amide bonds. The predicted octanol–water partition coefficient (Wildman–Crippen LogP) is 3.14. The summed E-state index contributed by atoms with van der Waals surface area (Å²) in [5, 5.41) is 0. The van der Waals surface area contributed by atoms with E-state index in [9.17, 15) is 21.6 Å². The minimum atomic E-state index is -4.53. The van der Waals surface area contributed by atoms with Crippen LogP contribution in [-0.4, -0.2) is 30.5 Å². The summed E-state index contributed by atoms with van der Waals surface area (Å²) in [6.07, 6.45) is -3.38. The lowest BCUT2D eigenvalue weighted by Crippen LogP contribution is -2.27. The van der Waals surface area contributed by atoms with Crippen molar-refractivity contribution in [2.75, 3.05) is 12.8 Å². The van der Waals surface area contributed by atoms with Crippen LogP contribution in [0.1, 0.15) is 18.2 Å². The number of nitrogens with zero attached hydrogens (tertiary/aromatic N) is 2. The second-order valence-corrected chi connectivity index (χ2v) is 7.21. The van der Waals surface area contributed by atoms with Crippen molar-refractivity contribution in [3.63, 3.8) is 0 Å². The van der Waals surface area contributed by atoms with Crippen LogP contribution in [-0.2, 0) is 22.7 Å². The summed E-state index contributed by atoms with van der Waals surface area (Å²) >= 11 is 0. The number of rotatable bonds is 5.